The SMILES string of the molecule is O=S(=O)(c1ccc(Br)cc1)N(CCBr)CC(F)F. The van der Waals surface area contributed by atoms with Crippen LogP contribution in [0.1, 0.15) is 0 Å². The van der Waals surface area contributed by atoms with Gasteiger partial charge in [-0.25, -0.2) is 17.2 Å². The average Bonchev–Trinajstić information content (AvgIpc) is 2.28. The number of sulfonamides is 1. The van der Waals surface area contributed by atoms with E-state index in [-0.39, 0.29) is 11.4 Å². The summed E-state index contributed by atoms with van der Waals surface area (Å²) in [5, 5.41) is 0.301. The largest absolute Gasteiger partial charge is 0.252 e. The summed E-state index contributed by atoms with van der Waals surface area (Å²) in [6.45, 7) is -0.799. The molecule has 0 bridgehead atoms. The van der Waals surface area contributed by atoms with Crippen molar-refractivity contribution in [2.45, 2.75) is 11.3 Å². The minimum Gasteiger partial charge on any atom is -0.209 e. The van der Waals surface area contributed by atoms with Crippen molar-refractivity contribution in [3.8, 4) is 0 Å². The van der Waals surface area contributed by atoms with Gasteiger partial charge in [0.15, 0.2) is 0 Å². The van der Waals surface area contributed by atoms with Crippen LogP contribution in [0.25, 0.3) is 0 Å². The minimum atomic E-state index is -3.87. The van der Waals surface area contributed by atoms with Crippen LogP contribution in [0.3, 0.4) is 0 Å². The molecule has 18 heavy (non-hydrogen) atoms. The first-order valence-corrected chi connectivity index (χ1v) is 8.33. The normalized spacial score (nSPS) is 12.3. The molecule has 0 heterocycles. The Balaban J connectivity index is 3.04. The fourth-order valence-corrected chi connectivity index (χ4v) is 3.66. The molecule has 0 saturated carbocycles. The molecule has 0 spiro atoms. The zero-order valence-electron chi connectivity index (χ0n) is 9.19. The molecule has 1 aromatic carbocycles. The van der Waals surface area contributed by atoms with Crippen LogP contribution in [-0.4, -0.2) is 37.6 Å². The predicted molar refractivity (Wildman–Crippen MR) is 72.7 cm³/mol. The number of halogens is 4. The van der Waals surface area contributed by atoms with Gasteiger partial charge < -0.3 is 0 Å². The summed E-state index contributed by atoms with van der Waals surface area (Å²) in [7, 11) is -3.87. The molecule has 1 rings (SSSR count). The molecule has 0 unspecified atom stereocenters. The average molecular weight is 407 g/mol. The van der Waals surface area contributed by atoms with Gasteiger partial charge in [-0.05, 0) is 24.3 Å². The van der Waals surface area contributed by atoms with Gasteiger partial charge >= 0.3 is 0 Å². The first kappa shape index (κ1) is 16.0. The standard InChI is InChI=1S/C10H11Br2F2NO2S/c11-5-6-15(7-10(13)14)18(16,17)9-3-1-8(12)2-4-9/h1-4,10H,5-7H2. The number of hydrogen-bond donors (Lipinski definition) is 0. The molecular weight excluding hydrogens is 396 g/mol. The summed E-state index contributed by atoms with van der Waals surface area (Å²) in [5.74, 6) is 0. The van der Waals surface area contributed by atoms with Gasteiger partial charge in [0.2, 0.25) is 10.0 Å². The van der Waals surface area contributed by atoms with Gasteiger partial charge in [-0.1, -0.05) is 31.9 Å². The predicted octanol–water partition coefficient (Wildman–Crippen LogP) is 3.10. The fourth-order valence-electron chi connectivity index (χ4n) is 1.31. The lowest BCUT2D eigenvalue weighted by Gasteiger charge is -2.20. The first-order chi connectivity index (χ1) is 8.37. The zero-order chi connectivity index (χ0) is 13.8. The highest BCUT2D eigenvalue weighted by Crippen LogP contribution is 2.19. The molecule has 0 aliphatic carbocycles. The van der Waals surface area contributed by atoms with Crippen molar-refractivity contribution in [2.24, 2.45) is 0 Å². The second kappa shape index (κ2) is 6.93. The highest BCUT2D eigenvalue weighted by atomic mass is 79.9. The van der Waals surface area contributed by atoms with Gasteiger partial charge in [-0.15, -0.1) is 0 Å². The number of nitrogens with zero attached hydrogens (tertiary/aromatic N) is 1. The highest BCUT2D eigenvalue weighted by Gasteiger charge is 2.26. The molecule has 0 aliphatic rings. The van der Waals surface area contributed by atoms with Crippen molar-refractivity contribution < 1.29 is 17.2 Å². The van der Waals surface area contributed by atoms with Crippen molar-refractivity contribution in [2.75, 3.05) is 18.4 Å². The van der Waals surface area contributed by atoms with Gasteiger partial charge in [0.25, 0.3) is 6.43 Å². The number of benzene rings is 1. The third kappa shape index (κ3) is 4.25. The molecule has 1 aromatic rings. The van der Waals surface area contributed by atoms with Gasteiger partial charge in [-0.3, -0.25) is 0 Å². The van der Waals surface area contributed by atoms with E-state index in [9.17, 15) is 17.2 Å². The Morgan fingerprint density at radius 3 is 2.22 bits per heavy atom. The Kier molecular flexibility index (Phi) is 6.16. The summed E-state index contributed by atoms with van der Waals surface area (Å²) in [5.41, 5.74) is 0. The molecular formula is C10H11Br2F2NO2S. The summed E-state index contributed by atoms with van der Waals surface area (Å²) in [4.78, 5) is 0.00676. The van der Waals surface area contributed by atoms with Crippen LogP contribution in [0.4, 0.5) is 8.78 Å². The molecule has 0 aromatic heterocycles. The summed E-state index contributed by atoms with van der Waals surface area (Å²) < 4.78 is 50.5. The van der Waals surface area contributed by atoms with E-state index in [0.717, 1.165) is 8.78 Å². The van der Waals surface area contributed by atoms with Gasteiger partial charge in [-0.2, -0.15) is 4.31 Å². The van der Waals surface area contributed by atoms with E-state index in [1.807, 2.05) is 0 Å². The number of alkyl halides is 3. The van der Waals surface area contributed by atoms with Crippen molar-refractivity contribution in [3.05, 3.63) is 28.7 Å². The monoisotopic (exact) mass is 405 g/mol. The van der Waals surface area contributed by atoms with E-state index in [1.54, 1.807) is 12.1 Å². The van der Waals surface area contributed by atoms with Crippen LogP contribution in [0.15, 0.2) is 33.6 Å². The summed E-state index contributed by atoms with van der Waals surface area (Å²) in [6.07, 6.45) is -2.70. The zero-order valence-corrected chi connectivity index (χ0v) is 13.2. The molecule has 3 nitrogen and oxygen atoms in total. The third-order valence-electron chi connectivity index (χ3n) is 2.13. The molecule has 8 heteroatoms. The topological polar surface area (TPSA) is 37.4 Å². The minimum absolute atomic E-state index is 0.00272. The first-order valence-electron chi connectivity index (χ1n) is 4.97. The van der Waals surface area contributed by atoms with Crippen molar-refractivity contribution in [3.63, 3.8) is 0 Å². The molecule has 0 amide bonds. The molecule has 0 fully saturated rings. The van der Waals surface area contributed by atoms with Crippen molar-refractivity contribution in [1.82, 2.24) is 4.31 Å². The maximum atomic E-state index is 12.4. The molecule has 0 aliphatic heterocycles. The Morgan fingerprint density at radius 2 is 1.78 bits per heavy atom. The van der Waals surface area contributed by atoms with E-state index in [4.69, 9.17) is 0 Å². The van der Waals surface area contributed by atoms with Crippen LogP contribution < -0.4 is 0 Å². The molecule has 102 valence electrons. The van der Waals surface area contributed by atoms with Crippen LogP contribution in [0, 0.1) is 0 Å². The van der Waals surface area contributed by atoms with E-state index < -0.39 is 23.0 Å². The second-order valence-electron chi connectivity index (χ2n) is 3.40. The quantitative estimate of drug-likeness (QED) is 0.680. The lowest BCUT2D eigenvalue weighted by Crippen LogP contribution is -2.36. The summed E-state index contributed by atoms with van der Waals surface area (Å²) in [6, 6.07) is 5.88. The van der Waals surface area contributed by atoms with E-state index in [2.05, 4.69) is 31.9 Å². The van der Waals surface area contributed by atoms with Gasteiger partial charge in [0, 0.05) is 16.3 Å². The maximum Gasteiger partial charge on any atom is 0.252 e. The highest BCUT2D eigenvalue weighted by molar-refractivity contribution is 9.10. The molecule has 0 N–H and O–H groups in total. The Hall–Kier alpha value is -0.0500. The number of rotatable bonds is 6. The third-order valence-corrected chi connectivity index (χ3v) is 4.89. The lowest BCUT2D eigenvalue weighted by molar-refractivity contribution is 0.121. The van der Waals surface area contributed by atoms with E-state index >= 15 is 0 Å². The van der Waals surface area contributed by atoms with Gasteiger partial charge in [0.05, 0.1) is 11.4 Å². The van der Waals surface area contributed by atoms with E-state index in [1.165, 1.54) is 12.1 Å². The van der Waals surface area contributed by atoms with Crippen LogP contribution >= 0.6 is 31.9 Å². The fraction of sp³-hybridized carbons (Fsp3) is 0.400. The Morgan fingerprint density at radius 1 is 1.22 bits per heavy atom. The Labute approximate surface area is 121 Å². The molecule has 0 saturated heterocycles. The van der Waals surface area contributed by atoms with Crippen LogP contribution in [0.5, 0.6) is 0 Å². The summed E-state index contributed by atoms with van der Waals surface area (Å²) >= 11 is 6.24. The van der Waals surface area contributed by atoms with Crippen molar-refractivity contribution >= 4 is 41.9 Å². The van der Waals surface area contributed by atoms with Crippen LogP contribution in [-0.2, 0) is 10.0 Å². The number of hydrogen-bond acceptors (Lipinski definition) is 2. The second-order valence-corrected chi connectivity index (χ2v) is 7.04. The van der Waals surface area contributed by atoms with Gasteiger partial charge in [0.1, 0.15) is 0 Å². The Bertz CT molecular complexity index is 479. The maximum absolute atomic E-state index is 12.4. The van der Waals surface area contributed by atoms with Crippen LogP contribution in [0.2, 0.25) is 0 Å². The smallest absolute Gasteiger partial charge is 0.209 e. The van der Waals surface area contributed by atoms with Crippen molar-refractivity contribution in [1.29, 1.82) is 0 Å². The molecule has 0 atom stereocenters. The lowest BCUT2D eigenvalue weighted by atomic mass is 10.4. The van der Waals surface area contributed by atoms with E-state index in [0.29, 0.717) is 5.33 Å². The molecule has 0 radical (unpaired) electrons.